The summed E-state index contributed by atoms with van der Waals surface area (Å²) >= 11 is 7.39. The Kier molecular flexibility index (Phi) is 7.87. The van der Waals surface area contributed by atoms with Crippen LogP contribution in [0.5, 0.6) is 0 Å². The van der Waals surface area contributed by atoms with Gasteiger partial charge in [0, 0.05) is 28.1 Å². The third-order valence-electron chi connectivity index (χ3n) is 3.18. The highest BCUT2D eigenvalue weighted by atomic mass is 35.5. The zero-order valence-corrected chi connectivity index (χ0v) is 15.2. The molecule has 0 aromatic heterocycles. The van der Waals surface area contributed by atoms with E-state index in [4.69, 9.17) is 16.3 Å². The van der Waals surface area contributed by atoms with Crippen molar-refractivity contribution < 1.29 is 23.1 Å². The smallest absolute Gasteiger partial charge is 0.306 e. The number of benzene rings is 2. The Morgan fingerprint density at radius 3 is 2.50 bits per heavy atom. The van der Waals surface area contributed by atoms with Gasteiger partial charge in [-0.2, -0.15) is 0 Å². The fourth-order valence-corrected chi connectivity index (χ4v) is 2.91. The molecular weight excluding hydrogens is 384 g/mol. The Labute approximate surface area is 158 Å². The Bertz CT molecular complexity index is 772. The number of halogens is 3. The van der Waals surface area contributed by atoms with Gasteiger partial charge in [0.1, 0.15) is 0 Å². The highest BCUT2D eigenvalue weighted by molar-refractivity contribution is 7.99. The molecule has 0 aliphatic carbocycles. The van der Waals surface area contributed by atoms with E-state index >= 15 is 0 Å². The number of thioether (sulfide) groups is 1. The number of carbonyl (C=O) groups is 2. The van der Waals surface area contributed by atoms with Gasteiger partial charge in [-0.1, -0.05) is 11.6 Å². The van der Waals surface area contributed by atoms with E-state index in [2.05, 4.69) is 5.32 Å². The minimum absolute atomic E-state index is 0.0873. The van der Waals surface area contributed by atoms with E-state index in [9.17, 15) is 18.4 Å². The Morgan fingerprint density at radius 1 is 1.08 bits per heavy atom. The molecule has 26 heavy (non-hydrogen) atoms. The van der Waals surface area contributed by atoms with Crippen LogP contribution in [0, 0.1) is 11.6 Å². The predicted octanol–water partition coefficient (Wildman–Crippen LogP) is 4.67. The average Bonchev–Trinajstić information content (AvgIpc) is 2.61. The molecule has 0 unspecified atom stereocenters. The van der Waals surface area contributed by atoms with Crippen LogP contribution in [0.15, 0.2) is 47.4 Å². The summed E-state index contributed by atoms with van der Waals surface area (Å²) in [6.45, 7) is -0.484. The largest absolute Gasteiger partial charge is 0.456 e. The molecule has 0 aliphatic rings. The number of nitrogens with one attached hydrogen (secondary N) is 1. The van der Waals surface area contributed by atoms with Gasteiger partial charge in [0.2, 0.25) is 0 Å². The molecule has 1 amide bonds. The summed E-state index contributed by atoms with van der Waals surface area (Å²) in [7, 11) is 0. The lowest BCUT2D eigenvalue weighted by atomic mass is 10.3. The quantitative estimate of drug-likeness (QED) is 0.398. The summed E-state index contributed by atoms with van der Waals surface area (Å²) in [5.74, 6) is -2.48. The summed E-state index contributed by atoms with van der Waals surface area (Å²) in [6.07, 6.45) is 0.774. The van der Waals surface area contributed by atoms with Crippen LogP contribution in [0.3, 0.4) is 0 Å². The van der Waals surface area contributed by atoms with Crippen LogP contribution in [0.25, 0.3) is 0 Å². The molecular formula is C18H16ClF2NO3S. The highest BCUT2D eigenvalue weighted by Gasteiger charge is 2.09. The van der Waals surface area contributed by atoms with Gasteiger partial charge >= 0.3 is 5.97 Å². The molecule has 0 atom stereocenters. The van der Waals surface area contributed by atoms with Crippen molar-refractivity contribution in [2.75, 3.05) is 17.7 Å². The van der Waals surface area contributed by atoms with Crippen molar-refractivity contribution in [1.82, 2.24) is 0 Å². The number of hydrogen-bond acceptors (Lipinski definition) is 4. The zero-order valence-electron chi connectivity index (χ0n) is 13.6. The van der Waals surface area contributed by atoms with Crippen LogP contribution in [-0.2, 0) is 14.3 Å². The average molecular weight is 400 g/mol. The highest BCUT2D eigenvalue weighted by Crippen LogP contribution is 2.21. The first-order chi connectivity index (χ1) is 12.4. The van der Waals surface area contributed by atoms with E-state index in [1.54, 1.807) is 23.9 Å². The molecule has 138 valence electrons. The van der Waals surface area contributed by atoms with Crippen molar-refractivity contribution >= 4 is 40.9 Å². The number of esters is 1. The summed E-state index contributed by atoms with van der Waals surface area (Å²) in [6, 6.07) is 10.3. The normalized spacial score (nSPS) is 10.4. The first-order valence-electron chi connectivity index (χ1n) is 7.73. The van der Waals surface area contributed by atoms with Crippen molar-refractivity contribution in [2.24, 2.45) is 0 Å². The van der Waals surface area contributed by atoms with Gasteiger partial charge in [0.25, 0.3) is 5.91 Å². The predicted molar refractivity (Wildman–Crippen MR) is 97.4 cm³/mol. The molecule has 0 saturated heterocycles. The van der Waals surface area contributed by atoms with Gasteiger partial charge in [-0.3, -0.25) is 9.59 Å². The van der Waals surface area contributed by atoms with E-state index in [0.29, 0.717) is 11.4 Å². The van der Waals surface area contributed by atoms with Gasteiger partial charge in [-0.25, -0.2) is 8.78 Å². The Hall–Kier alpha value is -2.12. The monoisotopic (exact) mass is 399 g/mol. The Morgan fingerprint density at radius 2 is 1.81 bits per heavy atom. The van der Waals surface area contributed by atoms with Crippen LogP contribution in [0.2, 0.25) is 5.02 Å². The van der Waals surface area contributed by atoms with Crippen LogP contribution in [-0.4, -0.2) is 24.2 Å². The SMILES string of the molecule is O=C(COC(=O)CCCSc1ccc(Cl)cc1)Nc1ccc(F)c(F)c1. The van der Waals surface area contributed by atoms with Crippen molar-refractivity contribution in [1.29, 1.82) is 0 Å². The maximum atomic E-state index is 13.0. The first kappa shape index (κ1) is 20.2. The van der Waals surface area contributed by atoms with Gasteiger partial charge in [-0.15, -0.1) is 11.8 Å². The van der Waals surface area contributed by atoms with E-state index in [0.717, 1.165) is 22.8 Å². The third kappa shape index (κ3) is 7.01. The van der Waals surface area contributed by atoms with Crippen molar-refractivity contribution in [3.05, 3.63) is 59.1 Å². The number of hydrogen-bond donors (Lipinski definition) is 1. The summed E-state index contributed by atoms with van der Waals surface area (Å²) in [4.78, 5) is 24.3. The second-order valence-electron chi connectivity index (χ2n) is 5.24. The van der Waals surface area contributed by atoms with Crippen molar-refractivity contribution in [3.63, 3.8) is 0 Å². The number of anilines is 1. The number of carbonyl (C=O) groups excluding carboxylic acids is 2. The summed E-state index contributed by atoms with van der Waals surface area (Å²) in [5.41, 5.74) is 0.0873. The summed E-state index contributed by atoms with van der Waals surface area (Å²) in [5, 5.41) is 2.99. The molecule has 4 nitrogen and oxygen atoms in total. The first-order valence-corrected chi connectivity index (χ1v) is 9.09. The molecule has 0 spiro atoms. The molecule has 8 heteroatoms. The molecule has 2 rings (SSSR count). The van der Waals surface area contributed by atoms with Crippen molar-refractivity contribution in [2.45, 2.75) is 17.7 Å². The van der Waals surface area contributed by atoms with E-state index in [1.165, 1.54) is 6.07 Å². The molecule has 2 aromatic rings. The maximum absolute atomic E-state index is 13.0. The van der Waals surface area contributed by atoms with E-state index in [-0.39, 0.29) is 12.1 Å². The van der Waals surface area contributed by atoms with Gasteiger partial charge in [0.05, 0.1) is 0 Å². The van der Waals surface area contributed by atoms with Crippen LogP contribution < -0.4 is 5.32 Å². The molecule has 0 heterocycles. The number of ether oxygens (including phenoxy) is 1. The molecule has 0 bridgehead atoms. The fourth-order valence-electron chi connectivity index (χ4n) is 1.93. The van der Waals surface area contributed by atoms with Crippen LogP contribution in [0.1, 0.15) is 12.8 Å². The molecule has 0 aliphatic heterocycles. The minimum Gasteiger partial charge on any atom is -0.456 e. The molecule has 1 N–H and O–H groups in total. The zero-order chi connectivity index (χ0) is 18.9. The third-order valence-corrected chi connectivity index (χ3v) is 4.53. The lowest BCUT2D eigenvalue weighted by Gasteiger charge is -2.07. The topological polar surface area (TPSA) is 55.4 Å². The van der Waals surface area contributed by atoms with Crippen LogP contribution >= 0.6 is 23.4 Å². The fraction of sp³-hybridized carbons (Fsp3) is 0.222. The van der Waals surface area contributed by atoms with E-state index < -0.39 is 30.1 Å². The molecule has 2 aromatic carbocycles. The minimum atomic E-state index is -1.07. The lowest BCUT2D eigenvalue weighted by Crippen LogP contribution is -2.21. The van der Waals surface area contributed by atoms with Gasteiger partial charge < -0.3 is 10.1 Å². The standard InChI is InChI=1S/C18H16ClF2NO3S/c19-12-3-6-14(7-4-12)26-9-1-2-18(24)25-11-17(23)22-13-5-8-15(20)16(21)10-13/h3-8,10H,1-2,9,11H2,(H,22,23). The molecule has 0 radical (unpaired) electrons. The maximum Gasteiger partial charge on any atom is 0.306 e. The van der Waals surface area contributed by atoms with Gasteiger partial charge in [0.15, 0.2) is 18.2 Å². The van der Waals surface area contributed by atoms with Crippen LogP contribution in [0.4, 0.5) is 14.5 Å². The number of amides is 1. The summed E-state index contributed by atoms with van der Waals surface area (Å²) < 4.78 is 30.7. The molecule has 0 saturated carbocycles. The van der Waals surface area contributed by atoms with Crippen molar-refractivity contribution in [3.8, 4) is 0 Å². The second kappa shape index (κ2) is 10.1. The van der Waals surface area contributed by atoms with Gasteiger partial charge in [-0.05, 0) is 48.6 Å². The Balaban J connectivity index is 1.62. The second-order valence-corrected chi connectivity index (χ2v) is 6.85. The van der Waals surface area contributed by atoms with E-state index in [1.807, 2.05) is 12.1 Å². The lowest BCUT2D eigenvalue weighted by molar-refractivity contribution is -0.147. The molecule has 0 fully saturated rings. The number of rotatable bonds is 8.